The number of nitrogens with zero attached hydrogens (tertiary/aromatic N) is 2. The molecule has 138 valence electrons. The van der Waals surface area contributed by atoms with E-state index in [9.17, 15) is 8.42 Å². The number of nitrogens with one attached hydrogen (secondary N) is 2. The molecule has 2 N–H and O–H groups in total. The Hall–Kier alpha value is -2.15. The van der Waals surface area contributed by atoms with E-state index in [1.165, 1.54) is 24.8 Å². The fraction of sp³-hybridized carbons (Fsp3) is 0.474. The highest BCUT2D eigenvalue weighted by Crippen LogP contribution is 2.25. The van der Waals surface area contributed by atoms with Gasteiger partial charge < -0.3 is 5.32 Å². The summed E-state index contributed by atoms with van der Waals surface area (Å²) in [5, 5.41) is 11.5. The van der Waals surface area contributed by atoms with Gasteiger partial charge >= 0.3 is 0 Å². The minimum absolute atomic E-state index is 0.236. The molecule has 1 heterocycles. The Labute approximate surface area is 154 Å². The summed E-state index contributed by atoms with van der Waals surface area (Å²) in [4.78, 5) is 0.285. The molecule has 6 nitrogen and oxygen atoms in total. The second-order valence-corrected chi connectivity index (χ2v) is 8.86. The molecular formula is C19H24N4O2S. The Morgan fingerprint density at radius 1 is 0.846 bits per heavy atom. The fourth-order valence-electron chi connectivity index (χ4n) is 3.82. The van der Waals surface area contributed by atoms with Gasteiger partial charge in [-0.05, 0) is 73.9 Å². The maximum atomic E-state index is 12.7. The zero-order valence-electron chi connectivity index (χ0n) is 14.7. The molecule has 2 aliphatic rings. The normalized spacial score (nSPS) is 17.7. The molecule has 0 unspecified atom stereocenters. The second kappa shape index (κ2) is 7.23. The predicted octanol–water partition coefficient (Wildman–Crippen LogP) is 3.51. The van der Waals surface area contributed by atoms with Crippen LogP contribution < -0.4 is 10.0 Å². The Morgan fingerprint density at radius 2 is 1.54 bits per heavy atom. The summed E-state index contributed by atoms with van der Waals surface area (Å²) in [6.07, 6.45) is 9.04. The van der Waals surface area contributed by atoms with Crippen LogP contribution >= 0.6 is 0 Å². The SMILES string of the molecule is O=S(=O)(Nc1ccc(NC2CCCC2)nn1)c1ccc2c(c1)CCCC2. The third-order valence-corrected chi connectivity index (χ3v) is 6.59. The van der Waals surface area contributed by atoms with Crippen LogP contribution in [0.3, 0.4) is 0 Å². The minimum Gasteiger partial charge on any atom is -0.366 e. The van der Waals surface area contributed by atoms with E-state index in [0.29, 0.717) is 11.9 Å². The van der Waals surface area contributed by atoms with Crippen LogP contribution in [-0.2, 0) is 22.9 Å². The largest absolute Gasteiger partial charge is 0.366 e. The molecular weight excluding hydrogens is 348 g/mol. The third kappa shape index (κ3) is 3.82. The predicted molar refractivity (Wildman–Crippen MR) is 102 cm³/mol. The van der Waals surface area contributed by atoms with Crippen LogP contribution in [0.25, 0.3) is 0 Å². The molecule has 0 radical (unpaired) electrons. The molecule has 0 aliphatic heterocycles. The van der Waals surface area contributed by atoms with Crippen molar-refractivity contribution in [1.29, 1.82) is 0 Å². The standard InChI is InChI=1S/C19H24N4O2S/c24-26(25,17-10-9-14-5-1-2-6-15(14)13-17)23-19-12-11-18(21-22-19)20-16-7-3-4-8-16/h9-13,16H,1-8H2,(H,20,21)(H,22,23). The highest BCUT2D eigenvalue weighted by atomic mass is 32.2. The van der Waals surface area contributed by atoms with Gasteiger partial charge in [-0.25, -0.2) is 8.42 Å². The number of hydrogen-bond donors (Lipinski definition) is 2. The van der Waals surface area contributed by atoms with Gasteiger partial charge in [0.05, 0.1) is 4.90 Å². The van der Waals surface area contributed by atoms with Gasteiger partial charge in [-0.15, -0.1) is 10.2 Å². The summed E-state index contributed by atoms with van der Waals surface area (Å²) in [5.74, 6) is 0.924. The van der Waals surface area contributed by atoms with Gasteiger partial charge in [0.25, 0.3) is 10.0 Å². The van der Waals surface area contributed by atoms with Gasteiger partial charge in [0.1, 0.15) is 5.82 Å². The van der Waals surface area contributed by atoms with Crippen molar-refractivity contribution in [2.45, 2.75) is 62.3 Å². The minimum atomic E-state index is -3.65. The summed E-state index contributed by atoms with van der Waals surface area (Å²) in [7, 11) is -3.65. The average molecular weight is 372 g/mol. The average Bonchev–Trinajstić information content (AvgIpc) is 3.16. The Morgan fingerprint density at radius 3 is 2.27 bits per heavy atom. The molecule has 1 aromatic carbocycles. The lowest BCUT2D eigenvalue weighted by Gasteiger charge is -2.17. The third-order valence-electron chi connectivity index (χ3n) is 5.24. The van der Waals surface area contributed by atoms with Gasteiger partial charge in [0.15, 0.2) is 5.82 Å². The highest BCUT2D eigenvalue weighted by Gasteiger charge is 2.19. The van der Waals surface area contributed by atoms with Crippen LogP contribution in [0.2, 0.25) is 0 Å². The van der Waals surface area contributed by atoms with E-state index in [-0.39, 0.29) is 10.7 Å². The van der Waals surface area contributed by atoms with Crippen molar-refractivity contribution in [3.63, 3.8) is 0 Å². The van der Waals surface area contributed by atoms with Crippen molar-refractivity contribution >= 4 is 21.7 Å². The van der Waals surface area contributed by atoms with Crippen molar-refractivity contribution < 1.29 is 8.42 Å². The quantitative estimate of drug-likeness (QED) is 0.839. The van der Waals surface area contributed by atoms with Gasteiger partial charge in [0.2, 0.25) is 0 Å². The Bertz CT molecular complexity index is 875. The van der Waals surface area contributed by atoms with Gasteiger partial charge in [-0.3, -0.25) is 4.72 Å². The molecule has 1 aromatic heterocycles. The summed E-state index contributed by atoms with van der Waals surface area (Å²) in [6, 6.07) is 9.28. The maximum absolute atomic E-state index is 12.7. The molecule has 0 atom stereocenters. The molecule has 26 heavy (non-hydrogen) atoms. The van der Waals surface area contributed by atoms with Gasteiger partial charge in [-0.1, -0.05) is 18.9 Å². The van der Waals surface area contributed by atoms with Gasteiger partial charge in [0, 0.05) is 6.04 Å². The van der Waals surface area contributed by atoms with E-state index in [1.54, 1.807) is 24.3 Å². The number of sulfonamides is 1. The second-order valence-electron chi connectivity index (χ2n) is 7.17. The van der Waals surface area contributed by atoms with E-state index in [1.807, 2.05) is 6.07 Å². The van der Waals surface area contributed by atoms with Crippen LogP contribution in [0.1, 0.15) is 49.7 Å². The van der Waals surface area contributed by atoms with E-state index < -0.39 is 10.0 Å². The van der Waals surface area contributed by atoms with Crippen LogP contribution in [-0.4, -0.2) is 24.7 Å². The van der Waals surface area contributed by atoms with E-state index in [4.69, 9.17) is 0 Å². The Kier molecular flexibility index (Phi) is 4.80. The first-order valence-corrected chi connectivity index (χ1v) is 10.8. The zero-order chi connectivity index (χ0) is 18.0. The monoisotopic (exact) mass is 372 g/mol. The van der Waals surface area contributed by atoms with Crippen LogP contribution in [0.4, 0.5) is 11.6 Å². The molecule has 2 aromatic rings. The molecule has 0 bridgehead atoms. The lowest BCUT2D eigenvalue weighted by Crippen LogP contribution is -2.17. The first-order chi connectivity index (χ1) is 12.6. The number of aromatic nitrogens is 2. The lowest BCUT2D eigenvalue weighted by atomic mass is 9.92. The Balaban J connectivity index is 1.47. The number of benzene rings is 1. The number of fused-ring (bicyclic) bond motifs is 1. The van der Waals surface area contributed by atoms with Crippen molar-refractivity contribution in [3.05, 3.63) is 41.5 Å². The maximum Gasteiger partial charge on any atom is 0.263 e. The van der Waals surface area contributed by atoms with Gasteiger partial charge in [-0.2, -0.15) is 0 Å². The molecule has 0 saturated heterocycles. The summed E-state index contributed by atoms with van der Waals surface area (Å²) >= 11 is 0. The molecule has 1 saturated carbocycles. The first-order valence-electron chi connectivity index (χ1n) is 9.35. The van der Waals surface area contributed by atoms with E-state index in [2.05, 4.69) is 20.2 Å². The topological polar surface area (TPSA) is 84.0 Å². The summed E-state index contributed by atoms with van der Waals surface area (Å²) < 4.78 is 27.8. The van der Waals surface area contributed by atoms with Crippen molar-refractivity contribution in [1.82, 2.24) is 10.2 Å². The van der Waals surface area contributed by atoms with Crippen LogP contribution in [0, 0.1) is 0 Å². The number of hydrogen-bond acceptors (Lipinski definition) is 5. The smallest absolute Gasteiger partial charge is 0.263 e. The molecule has 1 fully saturated rings. The molecule has 7 heteroatoms. The number of rotatable bonds is 5. The molecule has 0 spiro atoms. The van der Waals surface area contributed by atoms with E-state index >= 15 is 0 Å². The number of anilines is 2. The van der Waals surface area contributed by atoms with Crippen LogP contribution in [0.5, 0.6) is 0 Å². The van der Waals surface area contributed by atoms with Crippen molar-refractivity contribution in [2.24, 2.45) is 0 Å². The van der Waals surface area contributed by atoms with Crippen molar-refractivity contribution in [2.75, 3.05) is 10.0 Å². The molecule has 0 amide bonds. The van der Waals surface area contributed by atoms with E-state index in [0.717, 1.165) is 37.7 Å². The first kappa shape index (κ1) is 17.3. The number of aryl methyl sites for hydroxylation is 2. The zero-order valence-corrected chi connectivity index (χ0v) is 15.6. The molecule has 4 rings (SSSR count). The van der Waals surface area contributed by atoms with Crippen molar-refractivity contribution in [3.8, 4) is 0 Å². The summed E-state index contributed by atoms with van der Waals surface area (Å²) in [6.45, 7) is 0. The fourth-order valence-corrected chi connectivity index (χ4v) is 4.86. The lowest BCUT2D eigenvalue weighted by molar-refractivity contribution is 0.600. The molecule has 2 aliphatic carbocycles. The summed E-state index contributed by atoms with van der Waals surface area (Å²) in [5.41, 5.74) is 2.40. The highest BCUT2D eigenvalue weighted by molar-refractivity contribution is 7.92. The van der Waals surface area contributed by atoms with Crippen LogP contribution in [0.15, 0.2) is 35.2 Å².